The quantitative estimate of drug-likeness (QED) is 0.743. The third-order valence-corrected chi connectivity index (χ3v) is 3.01. The van der Waals surface area contributed by atoms with E-state index in [0.717, 1.165) is 24.5 Å². The van der Waals surface area contributed by atoms with E-state index in [0.29, 0.717) is 0 Å². The first kappa shape index (κ1) is 11.6. The van der Waals surface area contributed by atoms with Crippen molar-refractivity contribution < 1.29 is 4.52 Å². The second-order valence-corrected chi connectivity index (χ2v) is 4.51. The molecule has 0 unspecified atom stereocenters. The van der Waals surface area contributed by atoms with E-state index in [-0.39, 0.29) is 0 Å². The molecular weight excluding hydrogens is 202 g/mol. The van der Waals surface area contributed by atoms with Crippen LogP contribution in [0.15, 0.2) is 10.6 Å². The molecular formula is C12H21N3O. The Morgan fingerprint density at radius 3 is 2.94 bits per heavy atom. The number of hydrogen-bond donors (Lipinski definition) is 1. The zero-order valence-corrected chi connectivity index (χ0v) is 10.0. The minimum Gasteiger partial charge on any atom is -0.361 e. The summed E-state index contributed by atoms with van der Waals surface area (Å²) in [5, 5.41) is 7.33. The molecule has 1 saturated heterocycles. The summed E-state index contributed by atoms with van der Waals surface area (Å²) in [5.41, 5.74) is 0.999. The van der Waals surface area contributed by atoms with Crippen molar-refractivity contribution in [3.63, 3.8) is 0 Å². The number of hydrogen-bond acceptors (Lipinski definition) is 4. The van der Waals surface area contributed by atoms with E-state index in [9.17, 15) is 0 Å². The van der Waals surface area contributed by atoms with Gasteiger partial charge in [-0.15, -0.1) is 0 Å². The second kappa shape index (κ2) is 6.01. The molecule has 0 amide bonds. The minimum atomic E-state index is 0.817. The topological polar surface area (TPSA) is 41.3 Å². The summed E-state index contributed by atoms with van der Waals surface area (Å²) in [5.74, 6) is 0.883. The summed E-state index contributed by atoms with van der Waals surface area (Å²) in [6.45, 7) is 7.61. The van der Waals surface area contributed by atoms with Gasteiger partial charge in [-0.2, -0.15) is 0 Å². The molecule has 1 aliphatic heterocycles. The van der Waals surface area contributed by atoms with Crippen LogP contribution in [-0.4, -0.2) is 36.2 Å². The third kappa shape index (κ3) is 3.61. The summed E-state index contributed by atoms with van der Waals surface area (Å²) >= 11 is 0. The van der Waals surface area contributed by atoms with Crippen LogP contribution in [0.2, 0.25) is 0 Å². The van der Waals surface area contributed by atoms with E-state index in [4.69, 9.17) is 4.52 Å². The molecule has 1 aromatic heterocycles. The van der Waals surface area contributed by atoms with E-state index < -0.39 is 0 Å². The Kier molecular flexibility index (Phi) is 4.36. The van der Waals surface area contributed by atoms with Crippen molar-refractivity contribution in [2.24, 2.45) is 0 Å². The van der Waals surface area contributed by atoms with Gasteiger partial charge in [0, 0.05) is 12.6 Å². The smallest absolute Gasteiger partial charge is 0.133 e. The van der Waals surface area contributed by atoms with Crippen molar-refractivity contribution in [2.45, 2.75) is 32.7 Å². The van der Waals surface area contributed by atoms with Crippen LogP contribution >= 0.6 is 0 Å². The van der Waals surface area contributed by atoms with E-state index >= 15 is 0 Å². The Labute approximate surface area is 97.0 Å². The summed E-state index contributed by atoms with van der Waals surface area (Å²) in [6, 6.07) is 1.98. The van der Waals surface area contributed by atoms with E-state index in [1.54, 1.807) is 0 Å². The maximum absolute atomic E-state index is 5.00. The van der Waals surface area contributed by atoms with E-state index in [1.165, 1.54) is 38.9 Å². The molecule has 4 heteroatoms. The summed E-state index contributed by atoms with van der Waals surface area (Å²) < 4.78 is 5.00. The Balaban J connectivity index is 1.51. The van der Waals surface area contributed by atoms with Crippen molar-refractivity contribution in [3.8, 4) is 0 Å². The van der Waals surface area contributed by atoms with Gasteiger partial charge >= 0.3 is 0 Å². The summed E-state index contributed by atoms with van der Waals surface area (Å²) in [4.78, 5) is 2.54. The number of aryl methyl sites for hydroxylation is 1. The normalized spacial score (nSPS) is 17.1. The van der Waals surface area contributed by atoms with Crippen LogP contribution in [0.5, 0.6) is 0 Å². The lowest BCUT2D eigenvalue weighted by Crippen LogP contribution is -2.24. The van der Waals surface area contributed by atoms with Crippen molar-refractivity contribution in [1.29, 1.82) is 0 Å². The highest BCUT2D eigenvalue weighted by molar-refractivity contribution is 5.02. The van der Waals surface area contributed by atoms with Crippen LogP contribution in [-0.2, 0) is 6.54 Å². The van der Waals surface area contributed by atoms with Crippen molar-refractivity contribution in [3.05, 3.63) is 17.5 Å². The predicted molar refractivity (Wildman–Crippen MR) is 63.2 cm³/mol. The molecule has 90 valence electrons. The predicted octanol–water partition coefficient (Wildman–Crippen LogP) is 1.56. The molecule has 4 nitrogen and oxygen atoms in total. The third-order valence-electron chi connectivity index (χ3n) is 3.01. The Morgan fingerprint density at radius 1 is 1.44 bits per heavy atom. The fourth-order valence-electron chi connectivity index (χ4n) is 2.15. The SMILES string of the molecule is Cc1cc(CNCCCN2CCCC2)no1. The molecule has 1 aromatic rings. The van der Waals surface area contributed by atoms with Gasteiger partial charge in [0.05, 0.1) is 5.69 Å². The zero-order valence-electron chi connectivity index (χ0n) is 10.0. The van der Waals surface area contributed by atoms with Gasteiger partial charge in [0.1, 0.15) is 5.76 Å². The Bertz CT molecular complexity index is 305. The average Bonchev–Trinajstić information content (AvgIpc) is 2.89. The highest BCUT2D eigenvalue weighted by Gasteiger charge is 2.09. The number of aromatic nitrogens is 1. The minimum absolute atomic E-state index is 0.817. The highest BCUT2D eigenvalue weighted by Crippen LogP contribution is 2.07. The standard InChI is InChI=1S/C12H21N3O/c1-11-9-12(14-16-11)10-13-5-4-8-15-6-2-3-7-15/h9,13H,2-8,10H2,1H3. The van der Waals surface area contributed by atoms with Crippen LogP contribution < -0.4 is 5.32 Å². The first-order chi connectivity index (χ1) is 7.84. The molecule has 2 heterocycles. The molecule has 1 aliphatic rings. The first-order valence-corrected chi connectivity index (χ1v) is 6.20. The molecule has 16 heavy (non-hydrogen) atoms. The van der Waals surface area contributed by atoms with Crippen LogP contribution in [0, 0.1) is 6.92 Å². The molecule has 0 radical (unpaired) electrons. The molecule has 1 fully saturated rings. The van der Waals surface area contributed by atoms with Gasteiger partial charge in [0.2, 0.25) is 0 Å². The molecule has 0 atom stereocenters. The van der Waals surface area contributed by atoms with Crippen molar-refractivity contribution in [1.82, 2.24) is 15.4 Å². The van der Waals surface area contributed by atoms with Gasteiger partial charge in [-0.05, 0) is 52.4 Å². The van der Waals surface area contributed by atoms with Crippen molar-refractivity contribution in [2.75, 3.05) is 26.2 Å². The maximum Gasteiger partial charge on any atom is 0.133 e. The van der Waals surface area contributed by atoms with Gasteiger partial charge < -0.3 is 14.7 Å². The summed E-state index contributed by atoms with van der Waals surface area (Å²) in [7, 11) is 0. The molecule has 0 saturated carbocycles. The second-order valence-electron chi connectivity index (χ2n) is 4.51. The molecule has 0 aromatic carbocycles. The van der Waals surface area contributed by atoms with Crippen LogP contribution in [0.3, 0.4) is 0 Å². The molecule has 1 N–H and O–H groups in total. The lowest BCUT2D eigenvalue weighted by molar-refractivity contribution is 0.330. The van der Waals surface area contributed by atoms with Gasteiger partial charge in [-0.25, -0.2) is 0 Å². The number of nitrogens with zero attached hydrogens (tertiary/aromatic N) is 2. The molecule has 0 bridgehead atoms. The lowest BCUT2D eigenvalue weighted by atomic mass is 10.3. The fourth-order valence-corrected chi connectivity index (χ4v) is 2.15. The fraction of sp³-hybridized carbons (Fsp3) is 0.750. The van der Waals surface area contributed by atoms with Crippen LogP contribution in [0.25, 0.3) is 0 Å². The molecule has 0 spiro atoms. The van der Waals surface area contributed by atoms with Crippen LogP contribution in [0.4, 0.5) is 0 Å². The van der Waals surface area contributed by atoms with E-state index in [2.05, 4.69) is 15.4 Å². The van der Waals surface area contributed by atoms with Gasteiger partial charge in [0.15, 0.2) is 0 Å². The molecule has 0 aliphatic carbocycles. The largest absolute Gasteiger partial charge is 0.361 e. The lowest BCUT2D eigenvalue weighted by Gasteiger charge is -2.13. The number of nitrogens with one attached hydrogen (secondary N) is 1. The monoisotopic (exact) mass is 223 g/mol. The van der Waals surface area contributed by atoms with Gasteiger partial charge in [0.25, 0.3) is 0 Å². The summed E-state index contributed by atoms with van der Waals surface area (Å²) in [6.07, 6.45) is 3.98. The van der Waals surface area contributed by atoms with Crippen molar-refractivity contribution >= 4 is 0 Å². The highest BCUT2D eigenvalue weighted by atomic mass is 16.5. The van der Waals surface area contributed by atoms with E-state index in [1.807, 2.05) is 13.0 Å². The molecule has 2 rings (SSSR count). The Hall–Kier alpha value is -0.870. The number of likely N-dealkylation sites (tertiary alicyclic amines) is 1. The average molecular weight is 223 g/mol. The van der Waals surface area contributed by atoms with Gasteiger partial charge in [-0.1, -0.05) is 5.16 Å². The Morgan fingerprint density at radius 2 is 2.25 bits per heavy atom. The van der Waals surface area contributed by atoms with Crippen LogP contribution in [0.1, 0.15) is 30.7 Å². The number of rotatable bonds is 6. The maximum atomic E-state index is 5.00. The first-order valence-electron chi connectivity index (χ1n) is 6.20. The zero-order chi connectivity index (χ0) is 11.2. The van der Waals surface area contributed by atoms with Gasteiger partial charge in [-0.3, -0.25) is 0 Å².